The molecule has 1 heteroatoms. The van der Waals surface area contributed by atoms with Crippen molar-refractivity contribution >= 4 is 0 Å². The summed E-state index contributed by atoms with van der Waals surface area (Å²) in [5, 5.41) is 0. The number of hydrogen-bond acceptors (Lipinski definition) is 0. The van der Waals surface area contributed by atoms with Crippen molar-refractivity contribution in [2.45, 2.75) is 32.1 Å². The van der Waals surface area contributed by atoms with Gasteiger partial charge >= 0.3 is 0 Å². The Morgan fingerprint density at radius 2 is 1.43 bits per heavy atom. The predicted molar refractivity (Wildman–Crippen MR) is 31.0 cm³/mol. The van der Waals surface area contributed by atoms with Crippen molar-refractivity contribution in [2.24, 2.45) is 0 Å². The molecular weight excluding hydrogens is 88.1 g/mol. The highest BCUT2D eigenvalue weighted by Crippen LogP contribution is 2.14. The molecule has 43 valence electrons. The maximum absolute atomic E-state index is 2.39. The van der Waals surface area contributed by atoms with E-state index < -0.39 is 0 Å². The molecular formula is C6H13O. The van der Waals surface area contributed by atoms with Crippen LogP contribution in [-0.4, -0.2) is 5.48 Å². The Kier molecular flexibility index (Phi) is 4.10. The molecule has 0 aromatic rings. The average molecular weight is 101 g/mol. The molecule has 1 aliphatic rings. The van der Waals surface area contributed by atoms with Gasteiger partial charge in [-0.1, -0.05) is 32.1 Å². The third kappa shape index (κ3) is 2.63. The minimum Gasteiger partial charge on any atom is -0.412 e. The molecule has 0 unspecified atom stereocenters. The van der Waals surface area contributed by atoms with Crippen molar-refractivity contribution in [1.29, 1.82) is 0 Å². The van der Waals surface area contributed by atoms with Crippen LogP contribution >= 0.6 is 0 Å². The first-order valence-corrected chi connectivity index (χ1v) is 2.82. The van der Waals surface area contributed by atoms with Gasteiger partial charge in [0.1, 0.15) is 0 Å². The van der Waals surface area contributed by atoms with Gasteiger partial charge in [-0.3, -0.25) is 0 Å². The molecule has 0 spiro atoms. The topological polar surface area (TPSA) is 31.5 Å². The van der Waals surface area contributed by atoms with Crippen molar-refractivity contribution in [1.82, 2.24) is 0 Å². The molecule has 0 bridgehead atoms. The molecule has 0 atom stereocenters. The Hall–Kier alpha value is -0.0400. The van der Waals surface area contributed by atoms with E-state index in [9.17, 15) is 0 Å². The van der Waals surface area contributed by atoms with Crippen LogP contribution in [0.2, 0.25) is 0 Å². The summed E-state index contributed by atoms with van der Waals surface area (Å²) in [7, 11) is 0. The molecule has 0 saturated heterocycles. The minimum absolute atomic E-state index is 0. The van der Waals surface area contributed by atoms with E-state index in [-0.39, 0.29) is 5.48 Å². The van der Waals surface area contributed by atoms with Crippen LogP contribution in [0.3, 0.4) is 0 Å². The highest BCUT2D eigenvalue weighted by molar-refractivity contribution is 4.69. The van der Waals surface area contributed by atoms with Gasteiger partial charge in [-0.2, -0.15) is 0 Å². The van der Waals surface area contributed by atoms with Crippen LogP contribution in [0.15, 0.2) is 0 Å². The molecule has 1 fully saturated rings. The van der Waals surface area contributed by atoms with E-state index in [2.05, 4.69) is 6.42 Å². The smallest absolute Gasteiger partial charge is 0.0386 e. The summed E-state index contributed by atoms with van der Waals surface area (Å²) in [6, 6.07) is 0. The molecule has 0 amide bonds. The Bertz CT molecular complexity index is 19.7. The number of hydrogen-bond donors (Lipinski definition) is 0. The predicted octanol–water partition coefficient (Wildman–Crippen LogP) is 1.33. The Morgan fingerprint density at radius 3 is 1.57 bits per heavy atom. The first-order valence-electron chi connectivity index (χ1n) is 2.82. The van der Waals surface area contributed by atoms with Crippen LogP contribution in [-0.2, 0) is 0 Å². The second-order valence-electron chi connectivity index (χ2n) is 1.93. The molecule has 0 aromatic heterocycles. The van der Waals surface area contributed by atoms with Gasteiger partial charge < -0.3 is 5.48 Å². The first-order chi connectivity index (χ1) is 3.00. The van der Waals surface area contributed by atoms with Crippen molar-refractivity contribution < 1.29 is 5.48 Å². The summed E-state index contributed by atoms with van der Waals surface area (Å²) >= 11 is 0. The van der Waals surface area contributed by atoms with Gasteiger partial charge in [0.15, 0.2) is 0 Å². The molecule has 1 aliphatic carbocycles. The molecule has 1 saturated carbocycles. The maximum atomic E-state index is 2.39. The monoisotopic (exact) mass is 101 g/mol. The Balaban J connectivity index is 0.000000360. The molecule has 7 heavy (non-hydrogen) atoms. The molecule has 1 radical (unpaired) electrons. The second-order valence-corrected chi connectivity index (χ2v) is 1.93. The largest absolute Gasteiger partial charge is 0.412 e. The van der Waals surface area contributed by atoms with Crippen LogP contribution in [0.4, 0.5) is 0 Å². The third-order valence-corrected chi connectivity index (χ3v) is 1.32. The van der Waals surface area contributed by atoms with Crippen LogP contribution in [0.25, 0.3) is 0 Å². The summed E-state index contributed by atoms with van der Waals surface area (Å²) in [6.45, 7) is 0. The quantitative estimate of drug-likeness (QED) is 0.441. The molecule has 0 aliphatic heterocycles. The fourth-order valence-electron chi connectivity index (χ4n) is 0.898. The fraction of sp³-hybridized carbons (Fsp3) is 0.833. The van der Waals surface area contributed by atoms with E-state index in [1.807, 2.05) is 0 Å². The van der Waals surface area contributed by atoms with E-state index >= 15 is 0 Å². The molecule has 1 rings (SSSR count). The van der Waals surface area contributed by atoms with Crippen LogP contribution in [0.1, 0.15) is 32.1 Å². The normalized spacial score (nSPS) is 20.6. The SMILES string of the molecule is O.[CH]1CCCCC1. The van der Waals surface area contributed by atoms with Crippen molar-refractivity contribution in [3.05, 3.63) is 6.42 Å². The van der Waals surface area contributed by atoms with Crippen LogP contribution < -0.4 is 0 Å². The molecule has 0 aromatic carbocycles. The summed E-state index contributed by atoms with van der Waals surface area (Å²) in [5.41, 5.74) is 0. The van der Waals surface area contributed by atoms with Gasteiger partial charge in [0.05, 0.1) is 0 Å². The Morgan fingerprint density at radius 1 is 0.857 bits per heavy atom. The van der Waals surface area contributed by atoms with E-state index in [0.29, 0.717) is 0 Å². The Labute approximate surface area is 45.0 Å². The zero-order chi connectivity index (χ0) is 4.24. The molecule has 2 N–H and O–H groups in total. The highest BCUT2D eigenvalue weighted by atomic mass is 16.0. The van der Waals surface area contributed by atoms with E-state index in [1.165, 1.54) is 32.1 Å². The summed E-state index contributed by atoms with van der Waals surface area (Å²) in [6.07, 6.45) is 9.50. The lowest BCUT2D eigenvalue weighted by Crippen LogP contribution is -1.87. The van der Waals surface area contributed by atoms with Gasteiger partial charge in [0, 0.05) is 0 Å². The lowest BCUT2D eigenvalue weighted by molar-refractivity contribution is 0.593. The second kappa shape index (κ2) is 4.13. The average Bonchev–Trinajstić information content (AvgIpc) is 1.72. The van der Waals surface area contributed by atoms with Crippen molar-refractivity contribution in [3.8, 4) is 0 Å². The van der Waals surface area contributed by atoms with Crippen LogP contribution in [0.5, 0.6) is 0 Å². The van der Waals surface area contributed by atoms with Gasteiger partial charge in [0.2, 0.25) is 0 Å². The zero-order valence-corrected chi connectivity index (χ0v) is 4.61. The fourth-order valence-corrected chi connectivity index (χ4v) is 0.898. The summed E-state index contributed by atoms with van der Waals surface area (Å²) in [5.74, 6) is 0. The van der Waals surface area contributed by atoms with Gasteiger partial charge in [0.25, 0.3) is 0 Å². The lowest BCUT2D eigenvalue weighted by atomic mass is 10.0. The highest BCUT2D eigenvalue weighted by Gasteiger charge is 1.95. The van der Waals surface area contributed by atoms with Gasteiger partial charge in [-0.25, -0.2) is 0 Å². The summed E-state index contributed by atoms with van der Waals surface area (Å²) in [4.78, 5) is 0. The van der Waals surface area contributed by atoms with E-state index in [0.717, 1.165) is 0 Å². The molecule has 0 heterocycles. The van der Waals surface area contributed by atoms with Crippen molar-refractivity contribution in [3.63, 3.8) is 0 Å². The standard InChI is InChI=1S/C6H11.H2O/c1-2-4-6-5-3-1;/h1H,2-6H2;1H2. The third-order valence-electron chi connectivity index (χ3n) is 1.32. The van der Waals surface area contributed by atoms with Gasteiger partial charge in [-0.15, -0.1) is 0 Å². The van der Waals surface area contributed by atoms with Crippen molar-refractivity contribution in [2.75, 3.05) is 0 Å². The summed E-state index contributed by atoms with van der Waals surface area (Å²) < 4.78 is 0. The van der Waals surface area contributed by atoms with Gasteiger partial charge in [-0.05, 0) is 6.42 Å². The first kappa shape index (κ1) is 6.96. The number of rotatable bonds is 0. The lowest BCUT2D eigenvalue weighted by Gasteiger charge is -2.05. The molecule has 1 nitrogen and oxygen atoms in total. The van der Waals surface area contributed by atoms with E-state index in [4.69, 9.17) is 0 Å². The maximum Gasteiger partial charge on any atom is -0.0386 e. The van der Waals surface area contributed by atoms with E-state index in [1.54, 1.807) is 0 Å². The minimum atomic E-state index is 0. The zero-order valence-electron chi connectivity index (χ0n) is 4.61. The van der Waals surface area contributed by atoms with Crippen LogP contribution in [0, 0.1) is 6.42 Å².